The Morgan fingerprint density at radius 1 is 1.44 bits per heavy atom. The average Bonchev–Trinajstić information content (AvgIpc) is 2.84. The molecule has 2 fully saturated rings. The van der Waals surface area contributed by atoms with Gasteiger partial charge >= 0.3 is 6.03 Å². The summed E-state index contributed by atoms with van der Waals surface area (Å²) in [6.45, 7) is 2.21. The van der Waals surface area contributed by atoms with Crippen molar-refractivity contribution in [3.05, 3.63) is 30.1 Å². The fraction of sp³-hybridized carbons (Fsp3) is 0.556. The first-order valence-corrected chi connectivity index (χ1v) is 8.82. The largest absolute Gasteiger partial charge is 0.354 e. The van der Waals surface area contributed by atoms with Gasteiger partial charge in [0.05, 0.1) is 0 Å². The van der Waals surface area contributed by atoms with Crippen LogP contribution in [0.4, 0.5) is 4.79 Å². The Morgan fingerprint density at radius 2 is 2.28 bits per heavy atom. The van der Waals surface area contributed by atoms with E-state index >= 15 is 0 Å². The van der Waals surface area contributed by atoms with Crippen LogP contribution in [0.5, 0.6) is 0 Å². The molecule has 1 spiro atoms. The summed E-state index contributed by atoms with van der Waals surface area (Å²) in [5, 5.41) is 5.62. The third-order valence-corrected chi connectivity index (χ3v) is 5.26. The molecule has 7 heteroatoms. The number of amides is 4. The highest BCUT2D eigenvalue weighted by Gasteiger charge is 2.55. The molecule has 1 saturated carbocycles. The molecule has 1 aromatic heterocycles. The van der Waals surface area contributed by atoms with E-state index in [2.05, 4.69) is 15.6 Å². The van der Waals surface area contributed by atoms with E-state index in [1.807, 2.05) is 19.1 Å². The minimum atomic E-state index is -0.814. The number of imide groups is 1. The van der Waals surface area contributed by atoms with E-state index in [0.29, 0.717) is 19.4 Å². The molecule has 2 unspecified atom stereocenters. The lowest BCUT2D eigenvalue weighted by Gasteiger charge is -2.36. The lowest BCUT2D eigenvalue weighted by atomic mass is 9.73. The summed E-state index contributed by atoms with van der Waals surface area (Å²) in [4.78, 5) is 42.2. The summed E-state index contributed by atoms with van der Waals surface area (Å²) < 4.78 is 0. The first-order valence-electron chi connectivity index (χ1n) is 8.82. The molecule has 1 aromatic rings. The van der Waals surface area contributed by atoms with Crippen LogP contribution in [-0.4, -0.2) is 46.4 Å². The van der Waals surface area contributed by atoms with E-state index < -0.39 is 11.6 Å². The number of pyridine rings is 1. The molecular formula is C18H24N4O3. The zero-order chi connectivity index (χ0) is 17.9. The van der Waals surface area contributed by atoms with Gasteiger partial charge in [0.25, 0.3) is 5.91 Å². The fourth-order valence-electron chi connectivity index (χ4n) is 3.73. The Hall–Kier alpha value is -2.44. The number of aromatic nitrogens is 1. The van der Waals surface area contributed by atoms with Gasteiger partial charge in [-0.25, -0.2) is 4.79 Å². The summed E-state index contributed by atoms with van der Waals surface area (Å²) in [5.41, 5.74) is 0.207. The van der Waals surface area contributed by atoms with Crippen molar-refractivity contribution in [1.82, 2.24) is 20.5 Å². The molecule has 2 atom stereocenters. The van der Waals surface area contributed by atoms with E-state index in [1.54, 1.807) is 12.4 Å². The molecule has 4 amide bonds. The van der Waals surface area contributed by atoms with Gasteiger partial charge in [-0.3, -0.25) is 19.5 Å². The van der Waals surface area contributed by atoms with E-state index in [-0.39, 0.29) is 24.3 Å². The van der Waals surface area contributed by atoms with Crippen LogP contribution >= 0.6 is 0 Å². The van der Waals surface area contributed by atoms with Gasteiger partial charge in [-0.1, -0.05) is 25.8 Å². The smallest absolute Gasteiger partial charge is 0.325 e. The lowest BCUT2D eigenvalue weighted by molar-refractivity contribution is -0.137. The lowest BCUT2D eigenvalue weighted by Crippen LogP contribution is -2.54. The predicted octanol–water partition coefficient (Wildman–Crippen LogP) is 1.24. The predicted molar refractivity (Wildman–Crippen MR) is 91.6 cm³/mol. The molecule has 7 nitrogen and oxygen atoms in total. The van der Waals surface area contributed by atoms with E-state index in [9.17, 15) is 14.4 Å². The number of rotatable bonds is 5. The van der Waals surface area contributed by atoms with Crippen LogP contribution < -0.4 is 10.6 Å². The van der Waals surface area contributed by atoms with Gasteiger partial charge in [0.1, 0.15) is 12.1 Å². The van der Waals surface area contributed by atoms with Crippen molar-refractivity contribution in [2.24, 2.45) is 5.92 Å². The first kappa shape index (κ1) is 17.4. The Balaban J connectivity index is 1.54. The quantitative estimate of drug-likeness (QED) is 0.786. The summed E-state index contributed by atoms with van der Waals surface area (Å²) in [6, 6.07) is 3.32. The second-order valence-electron chi connectivity index (χ2n) is 6.90. The maximum absolute atomic E-state index is 12.8. The fourth-order valence-corrected chi connectivity index (χ4v) is 3.73. The van der Waals surface area contributed by atoms with Crippen molar-refractivity contribution in [3.63, 3.8) is 0 Å². The Labute approximate surface area is 147 Å². The number of hydrogen-bond donors (Lipinski definition) is 2. The molecule has 2 N–H and O–H groups in total. The topological polar surface area (TPSA) is 91.4 Å². The van der Waals surface area contributed by atoms with Crippen molar-refractivity contribution in [2.75, 3.05) is 13.1 Å². The minimum Gasteiger partial charge on any atom is -0.354 e. The van der Waals surface area contributed by atoms with Gasteiger partial charge < -0.3 is 10.6 Å². The highest BCUT2D eigenvalue weighted by molar-refractivity contribution is 6.09. The van der Waals surface area contributed by atoms with Crippen molar-refractivity contribution in [1.29, 1.82) is 0 Å². The van der Waals surface area contributed by atoms with Crippen molar-refractivity contribution in [3.8, 4) is 0 Å². The molecule has 0 bridgehead atoms. The minimum absolute atomic E-state index is 0.0938. The third-order valence-electron chi connectivity index (χ3n) is 5.26. The van der Waals surface area contributed by atoms with Gasteiger partial charge in [-0.15, -0.1) is 0 Å². The molecule has 134 valence electrons. The Morgan fingerprint density at radius 3 is 3.00 bits per heavy atom. The average molecular weight is 344 g/mol. The molecular weight excluding hydrogens is 320 g/mol. The van der Waals surface area contributed by atoms with Crippen molar-refractivity contribution >= 4 is 17.8 Å². The van der Waals surface area contributed by atoms with Gasteiger partial charge in [0, 0.05) is 18.9 Å². The van der Waals surface area contributed by atoms with Crippen LogP contribution in [0.25, 0.3) is 0 Å². The summed E-state index contributed by atoms with van der Waals surface area (Å²) in [5.74, 6) is -0.489. The summed E-state index contributed by atoms with van der Waals surface area (Å²) in [7, 11) is 0. The first-order chi connectivity index (χ1) is 12.0. The van der Waals surface area contributed by atoms with Gasteiger partial charge in [-0.2, -0.15) is 0 Å². The maximum atomic E-state index is 12.8. The molecule has 25 heavy (non-hydrogen) atoms. The number of carbonyl (C=O) groups is 3. The monoisotopic (exact) mass is 344 g/mol. The third kappa shape index (κ3) is 3.50. The van der Waals surface area contributed by atoms with Gasteiger partial charge in [0.2, 0.25) is 5.91 Å². The summed E-state index contributed by atoms with van der Waals surface area (Å²) in [6.07, 6.45) is 7.65. The van der Waals surface area contributed by atoms with Gasteiger partial charge in [-0.05, 0) is 36.8 Å². The maximum Gasteiger partial charge on any atom is 0.325 e. The number of hydrogen-bond acceptors (Lipinski definition) is 4. The van der Waals surface area contributed by atoms with Crippen LogP contribution in [-0.2, 0) is 16.0 Å². The highest BCUT2D eigenvalue weighted by Crippen LogP contribution is 2.38. The second-order valence-corrected chi connectivity index (χ2v) is 6.90. The van der Waals surface area contributed by atoms with E-state index in [1.165, 1.54) is 0 Å². The Kier molecular flexibility index (Phi) is 5.01. The van der Waals surface area contributed by atoms with Crippen molar-refractivity contribution < 1.29 is 14.4 Å². The zero-order valence-electron chi connectivity index (χ0n) is 14.5. The molecule has 1 aliphatic carbocycles. The number of carbonyl (C=O) groups excluding carboxylic acids is 3. The standard InChI is InChI=1S/C18H24N4O3/c1-13-5-2-3-8-18(13)16(24)22(17(25)21-18)12-15(23)20-10-7-14-6-4-9-19-11-14/h4,6,9,11,13H,2-3,5,7-8,10,12H2,1H3,(H,20,23)(H,21,25). The molecule has 2 aliphatic rings. The van der Waals surface area contributed by atoms with Crippen molar-refractivity contribution in [2.45, 2.75) is 44.6 Å². The molecule has 3 rings (SSSR count). The SMILES string of the molecule is CC1CCCCC12NC(=O)N(CC(=O)NCCc1cccnc1)C2=O. The number of urea groups is 1. The van der Waals surface area contributed by atoms with Crippen LogP contribution in [0.1, 0.15) is 38.2 Å². The van der Waals surface area contributed by atoms with Crippen LogP contribution in [0.15, 0.2) is 24.5 Å². The molecule has 2 heterocycles. The Bertz CT molecular complexity index is 664. The number of nitrogens with one attached hydrogen (secondary N) is 2. The highest BCUT2D eigenvalue weighted by atomic mass is 16.2. The normalized spacial score (nSPS) is 26.0. The zero-order valence-corrected chi connectivity index (χ0v) is 14.5. The number of nitrogens with zero attached hydrogens (tertiary/aromatic N) is 2. The molecule has 1 aliphatic heterocycles. The van der Waals surface area contributed by atoms with Crippen LogP contribution in [0.3, 0.4) is 0 Å². The molecule has 0 radical (unpaired) electrons. The van der Waals surface area contributed by atoms with E-state index in [4.69, 9.17) is 0 Å². The van der Waals surface area contributed by atoms with Gasteiger partial charge in [0.15, 0.2) is 0 Å². The second kappa shape index (κ2) is 7.21. The molecule has 1 saturated heterocycles. The van der Waals surface area contributed by atoms with Crippen LogP contribution in [0.2, 0.25) is 0 Å². The summed E-state index contributed by atoms with van der Waals surface area (Å²) >= 11 is 0. The van der Waals surface area contributed by atoms with E-state index in [0.717, 1.165) is 29.7 Å². The molecule has 0 aromatic carbocycles. The van der Waals surface area contributed by atoms with Crippen LogP contribution in [0, 0.1) is 5.92 Å².